The Morgan fingerprint density at radius 1 is 1.30 bits per heavy atom. The second kappa shape index (κ2) is 7.44. The maximum Gasteiger partial charge on any atom is 0.390 e. The van der Waals surface area contributed by atoms with Crippen molar-refractivity contribution >= 4 is 18.4 Å². The van der Waals surface area contributed by atoms with Crippen molar-refractivity contribution in [1.82, 2.24) is 0 Å². The van der Waals surface area contributed by atoms with E-state index in [0.717, 1.165) is 19.2 Å². The zero-order valence-electron chi connectivity index (χ0n) is 10.5. The predicted molar refractivity (Wildman–Crippen MR) is 67.1 cm³/mol. The average molecular weight is 316 g/mol. The van der Waals surface area contributed by atoms with Gasteiger partial charge in [0.25, 0.3) is 0 Å². The molecule has 0 aliphatic carbocycles. The fourth-order valence-corrected chi connectivity index (χ4v) is 1.74. The molecule has 0 radical (unpaired) electrons. The van der Waals surface area contributed by atoms with Gasteiger partial charge in [0.15, 0.2) is 0 Å². The zero-order valence-corrected chi connectivity index (χ0v) is 11.3. The standard InChI is InChI=1S/C12H13F4NO2.ClH/c1-19-11(18)10(9(17)6-12(14,15)16)7-2-4-8(13)5-3-7;/h2-5,9-10H,6,17H2,1H3;1H. The lowest BCUT2D eigenvalue weighted by molar-refractivity contribution is -0.149. The van der Waals surface area contributed by atoms with Crippen LogP contribution in [0, 0.1) is 5.82 Å². The Labute approximate surface area is 119 Å². The van der Waals surface area contributed by atoms with Gasteiger partial charge in [-0.25, -0.2) is 4.39 Å². The molecule has 0 saturated heterocycles. The monoisotopic (exact) mass is 315 g/mol. The number of rotatable bonds is 4. The molecule has 0 aliphatic rings. The first-order chi connectivity index (χ1) is 8.74. The molecule has 2 unspecified atom stereocenters. The first kappa shape index (κ1) is 18.7. The Balaban J connectivity index is 0.00000361. The van der Waals surface area contributed by atoms with Crippen LogP contribution in [0.3, 0.4) is 0 Å². The van der Waals surface area contributed by atoms with Crippen LogP contribution in [0.4, 0.5) is 17.6 Å². The normalized spacial score (nSPS) is 14.1. The number of methoxy groups -OCH3 is 1. The number of carbonyl (C=O) groups excluding carboxylic acids is 1. The smallest absolute Gasteiger partial charge is 0.390 e. The molecule has 0 aromatic heterocycles. The van der Waals surface area contributed by atoms with Crippen molar-refractivity contribution in [3.05, 3.63) is 35.6 Å². The van der Waals surface area contributed by atoms with Gasteiger partial charge in [-0.3, -0.25) is 4.79 Å². The Bertz CT molecular complexity index is 436. The maximum absolute atomic E-state index is 12.8. The van der Waals surface area contributed by atoms with Gasteiger partial charge in [-0.2, -0.15) is 13.2 Å². The van der Waals surface area contributed by atoms with Gasteiger partial charge in [-0.05, 0) is 17.7 Å². The van der Waals surface area contributed by atoms with Gasteiger partial charge in [-0.15, -0.1) is 12.4 Å². The van der Waals surface area contributed by atoms with Crippen molar-refractivity contribution in [3.63, 3.8) is 0 Å². The van der Waals surface area contributed by atoms with Crippen molar-refractivity contribution in [2.24, 2.45) is 5.73 Å². The number of hydrogen-bond donors (Lipinski definition) is 1. The van der Waals surface area contributed by atoms with Gasteiger partial charge < -0.3 is 10.5 Å². The van der Waals surface area contributed by atoms with Crippen LogP contribution in [0.5, 0.6) is 0 Å². The molecule has 1 aromatic carbocycles. The number of ether oxygens (including phenoxy) is 1. The van der Waals surface area contributed by atoms with Crippen molar-refractivity contribution < 1.29 is 27.1 Å². The quantitative estimate of drug-likeness (QED) is 0.686. The molecule has 0 aliphatic heterocycles. The summed E-state index contributed by atoms with van der Waals surface area (Å²) in [6.45, 7) is 0. The summed E-state index contributed by atoms with van der Waals surface area (Å²) in [5, 5.41) is 0. The highest BCUT2D eigenvalue weighted by Gasteiger charge is 2.37. The highest BCUT2D eigenvalue weighted by atomic mass is 35.5. The summed E-state index contributed by atoms with van der Waals surface area (Å²) in [5.74, 6) is -2.73. The predicted octanol–water partition coefficient (Wildman–Crippen LogP) is 2.78. The Morgan fingerprint density at radius 3 is 2.20 bits per heavy atom. The summed E-state index contributed by atoms with van der Waals surface area (Å²) in [4.78, 5) is 11.6. The molecule has 8 heteroatoms. The minimum atomic E-state index is -4.49. The molecule has 2 atom stereocenters. The number of benzene rings is 1. The van der Waals surface area contributed by atoms with E-state index in [1.165, 1.54) is 12.1 Å². The highest BCUT2D eigenvalue weighted by Crippen LogP contribution is 2.29. The van der Waals surface area contributed by atoms with E-state index in [9.17, 15) is 22.4 Å². The first-order valence-electron chi connectivity index (χ1n) is 5.40. The van der Waals surface area contributed by atoms with Crippen LogP contribution in [0.2, 0.25) is 0 Å². The van der Waals surface area contributed by atoms with Crippen LogP contribution in [0.15, 0.2) is 24.3 Å². The molecule has 0 heterocycles. The van der Waals surface area contributed by atoms with Crippen LogP contribution >= 0.6 is 12.4 Å². The SMILES string of the molecule is COC(=O)C(c1ccc(F)cc1)C(N)CC(F)(F)F.Cl. The van der Waals surface area contributed by atoms with Crippen molar-refractivity contribution in [3.8, 4) is 0 Å². The largest absolute Gasteiger partial charge is 0.469 e. The third-order valence-corrected chi connectivity index (χ3v) is 2.58. The van der Waals surface area contributed by atoms with Crippen molar-refractivity contribution in [2.75, 3.05) is 7.11 Å². The van der Waals surface area contributed by atoms with Gasteiger partial charge in [0.2, 0.25) is 0 Å². The van der Waals surface area contributed by atoms with Gasteiger partial charge in [0, 0.05) is 6.04 Å². The molecule has 1 aromatic rings. The lowest BCUT2D eigenvalue weighted by Gasteiger charge is -2.23. The van der Waals surface area contributed by atoms with E-state index in [1.54, 1.807) is 0 Å². The Hall–Kier alpha value is -1.34. The number of hydrogen-bond acceptors (Lipinski definition) is 3. The minimum absolute atomic E-state index is 0. The molecule has 20 heavy (non-hydrogen) atoms. The van der Waals surface area contributed by atoms with E-state index < -0.39 is 36.3 Å². The molecule has 0 fully saturated rings. The van der Waals surface area contributed by atoms with Gasteiger partial charge in [0.1, 0.15) is 5.82 Å². The van der Waals surface area contributed by atoms with Crippen LogP contribution in [0.1, 0.15) is 17.9 Å². The summed E-state index contributed by atoms with van der Waals surface area (Å²) in [5.41, 5.74) is 5.62. The second-order valence-electron chi connectivity index (χ2n) is 4.04. The van der Waals surface area contributed by atoms with Crippen molar-refractivity contribution in [1.29, 1.82) is 0 Å². The van der Waals surface area contributed by atoms with Gasteiger partial charge in [-0.1, -0.05) is 12.1 Å². The molecule has 0 saturated carbocycles. The summed E-state index contributed by atoms with van der Waals surface area (Å²) < 4.78 is 54.2. The van der Waals surface area contributed by atoms with Crippen LogP contribution < -0.4 is 5.73 Å². The molecule has 3 nitrogen and oxygen atoms in total. The highest BCUT2D eigenvalue weighted by molar-refractivity contribution is 5.85. The Morgan fingerprint density at radius 2 is 1.80 bits per heavy atom. The molecule has 114 valence electrons. The molecular weight excluding hydrogens is 302 g/mol. The van der Waals surface area contributed by atoms with Gasteiger partial charge >= 0.3 is 12.1 Å². The number of esters is 1. The fourth-order valence-electron chi connectivity index (χ4n) is 1.74. The van der Waals surface area contributed by atoms with Crippen LogP contribution in [-0.4, -0.2) is 25.3 Å². The van der Waals surface area contributed by atoms with E-state index in [-0.39, 0.29) is 18.0 Å². The molecule has 0 amide bonds. The molecule has 2 N–H and O–H groups in total. The minimum Gasteiger partial charge on any atom is -0.469 e. The van der Waals surface area contributed by atoms with Crippen molar-refractivity contribution in [2.45, 2.75) is 24.6 Å². The number of alkyl halides is 3. The fraction of sp³-hybridized carbons (Fsp3) is 0.417. The summed E-state index contributed by atoms with van der Waals surface area (Å²) in [7, 11) is 1.05. The van der Waals surface area contributed by atoms with Gasteiger partial charge in [0.05, 0.1) is 19.4 Å². The average Bonchev–Trinajstić information content (AvgIpc) is 2.29. The van der Waals surface area contributed by atoms with E-state index in [2.05, 4.69) is 4.74 Å². The third kappa shape index (κ3) is 5.34. The summed E-state index contributed by atoms with van der Waals surface area (Å²) in [6.07, 6.45) is -5.82. The third-order valence-electron chi connectivity index (χ3n) is 2.58. The van der Waals surface area contributed by atoms with E-state index in [4.69, 9.17) is 5.73 Å². The molecule has 0 spiro atoms. The molecule has 1 rings (SSSR count). The zero-order chi connectivity index (χ0) is 14.6. The van der Waals surface area contributed by atoms with Crippen LogP contribution in [0.25, 0.3) is 0 Å². The summed E-state index contributed by atoms with van der Waals surface area (Å²) in [6, 6.07) is 3.04. The van der Waals surface area contributed by atoms with E-state index >= 15 is 0 Å². The lowest BCUT2D eigenvalue weighted by atomic mass is 9.90. The lowest BCUT2D eigenvalue weighted by Crippen LogP contribution is -2.38. The number of halogens is 5. The molecule has 0 bridgehead atoms. The van der Waals surface area contributed by atoms with Crippen LogP contribution in [-0.2, 0) is 9.53 Å². The van der Waals surface area contributed by atoms with E-state index in [1.807, 2.05) is 0 Å². The number of carbonyl (C=O) groups is 1. The maximum atomic E-state index is 12.8. The Kier molecular flexibility index (Phi) is 6.95. The topological polar surface area (TPSA) is 52.3 Å². The first-order valence-corrected chi connectivity index (χ1v) is 5.40. The molecular formula is C12H14ClF4NO2. The second-order valence-corrected chi connectivity index (χ2v) is 4.04. The number of nitrogens with two attached hydrogens (primary N) is 1. The van der Waals surface area contributed by atoms with E-state index in [0.29, 0.717) is 0 Å². The summed E-state index contributed by atoms with van der Waals surface area (Å²) >= 11 is 0.